The van der Waals surface area contributed by atoms with E-state index in [0.717, 1.165) is 4.90 Å². The molecule has 0 aromatic heterocycles. The van der Waals surface area contributed by atoms with Crippen LogP contribution in [-0.2, 0) is 4.79 Å². The molecule has 0 spiro atoms. The molecule has 1 unspecified atom stereocenters. The summed E-state index contributed by atoms with van der Waals surface area (Å²) in [6.45, 7) is 0.0918. The zero-order valence-electron chi connectivity index (χ0n) is 9.30. The number of fused-ring (bicyclic) bond motifs is 1. The fourth-order valence-corrected chi connectivity index (χ4v) is 2.01. The van der Waals surface area contributed by atoms with Crippen LogP contribution in [0, 0.1) is 0 Å². The van der Waals surface area contributed by atoms with Gasteiger partial charge in [0.2, 0.25) is 0 Å². The zero-order valence-corrected chi connectivity index (χ0v) is 10.9. The van der Waals surface area contributed by atoms with Crippen LogP contribution in [0.25, 0.3) is 0 Å². The molecule has 0 fully saturated rings. The number of halogens is 1. The van der Waals surface area contributed by atoms with Gasteiger partial charge in [0.15, 0.2) is 0 Å². The predicted molar refractivity (Wildman–Crippen MR) is 66.8 cm³/mol. The quantitative estimate of drug-likeness (QED) is 0.676. The Hall–Kier alpha value is -1.69. The van der Waals surface area contributed by atoms with Gasteiger partial charge in [-0.3, -0.25) is 19.3 Å². The summed E-state index contributed by atoms with van der Waals surface area (Å²) >= 11 is 2.98. The van der Waals surface area contributed by atoms with Gasteiger partial charge in [-0.2, -0.15) is 0 Å². The predicted octanol–water partition coefficient (Wildman–Crippen LogP) is 1.52. The first-order valence-corrected chi connectivity index (χ1v) is 6.26. The molecular weight excluding hydrogens is 302 g/mol. The molecule has 1 aromatic rings. The van der Waals surface area contributed by atoms with E-state index in [2.05, 4.69) is 15.9 Å². The second-order valence-corrected chi connectivity index (χ2v) is 5.01. The largest absolute Gasteiger partial charge is 0.480 e. The highest BCUT2D eigenvalue weighted by Crippen LogP contribution is 2.23. The lowest BCUT2D eigenvalue weighted by Crippen LogP contribution is -2.33. The Morgan fingerprint density at radius 2 is 1.72 bits per heavy atom. The number of nitrogens with zero attached hydrogens (tertiary/aromatic N) is 1. The number of carboxylic acid groups (broad SMARTS) is 1. The van der Waals surface area contributed by atoms with Gasteiger partial charge in [-0.05, 0) is 18.6 Å². The maximum atomic E-state index is 11.9. The number of amides is 2. The van der Waals surface area contributed by atoms with Crippen molar-refractivity contribution < 1.29 is 19.5 Å². The molecule has 0 bridgehead atoms. The third-order valence-electron chi connectivity index (χ3n) is 2.75. The van der Waals surface area contributed by atoms with E-state index in [1.807, 2.05) is 0 Å². The summed E-state index contributed by atoms with van der Waals surface area (Å²) in [6, 6.07) is 6.58. The highest BCUT2D eigenvalue weighted by Gasteiger charge is 2.35. The molecule has 0 saturated heterocycles. The first kappa shape index (κ1) is 12.8. The van der Waals surface area contributed by atoms with Crippen LogP contribution in [0.1, 0.15) is 27.1 Å². The molecule has 2 amide bonds. The maximum Gasteiger partial charge on any atom is 0.317 e. The van der Waals surface area contributed by atoms with Gasteiger partial charge in [-0.1, -0.05) is 28.1 Å². The summed E-state index contributed by atoms with van der Waals surface area (Å²) in [5.41, 5.74) is 0.757. The van der Waals surface area contributed by atoms with Gasteiger partial charge in [0.25, 0.3) is 11.8 Å². The number of carbonyl (C=O) groups excluding carboxylic acids is 2. The topological polar surface area (TPSA) is 74.7 Å². The molecule has 18 heavy (non-hydrogen) atoms. The van der Waals surface area contributed by atoms with Crippen molar-refractivity contribution in [3.63, 3.8) is 0 Å². The molecule has 1 aliphatic heterocycles. The van der Waals surface area contributed by atoms with Crippen molar-refractivity contribution in [1.29, 1.82) is 0 Å². The van der Waals surface area contributed by atoms with Crippen LogP contribution in [0.2, 0.25) is 0 Å². The van der Waals surface area contributed by atoms with Gasteiger partial charge in [-0.25, -0.2) is 0 Å². The van der Waals surface area contributed by atoms with E-state index in [1.54, 1.807) is 24.3 Å². The van der Waals surface area contributed by atoms with Crippen molar-refractivity contribution in [1.82, 2.24) is 4.90 Å². The zero-order chi connectivity index (χ0) is 13.3. The van der Waals surface area contributed by atoms with Crippen molar-refractivity contribution in [2.45, 2.75) is 11.2 Å². The third-order valence-corrected chi connectivity index (χ3v) is 3.60. The highest BCUT2D eigenvalue weighted by molar-refractivity contribution is 9.10. The van der Waals surface area contributed by atoms with Crippen LogP contribution < -0.4 is 0 Å². The minimum Gasteiger partial charge on any atom is -0.480 e. The van der Waals surface area contributed by atoms with E-state index in [0.29, 0.717) is 11.1 Å². The Morgan fingerprint density at radius 3 is 2.17 bits per heavy atom. The smallest absolute Gasteiger partial charge is 0.317 e. The van der Waals surface area contributed by atoms with E-state index in [9.17, 15) is 14.4 Å². The molecule has 2 rings (SSSR count). The van der Waals surface area contributed by atoms with Gasteiger partial charge in [0, 0.05) is 6.54 Å². The van der Waals surface area contributed by atoms with Crippen LogP contribution in [-0.4, -0.2) is 39.2 Å². The van der Waals surface area contributed by atoms with Crippen LogP contribution in [0.5, 0.6) is 0 Å². The monoisotopic (exact) mass is 311 g/mol. The van der Waals surface area contributed by atoms with Gasteiger partial charge in [-0.15, -0.1) is 0 Å². The number of rotatable bonds is 4. The number of imide groups is 1. The van der Waals surface area contributed by atoms with E-state index in [-0.39, 0.29) is 24.8 Å². The number of carbonyl (C=O) groups is 3. The molecule has 0 radical (unpaired) electrons. The molecule has 0 aliphatic carbocycles. The number of alkyl halides is 1. The fourth-order valence-electron chi connectivity index (χ4n) is 1.81. The number of hydrogen-bond donors (Lipinski definition) is 1. The summed E-state index contributed by atoms with van der Waals surface area (Å²) in [5.74, 6) is -1.73. The average molecular weight is 312 g/mol. The van der Waals surface area contributed by atoms with Crippen LogP contribution >= 0.6 is 15.9 Å². The van der Waals surface area contributed by atoms with Gasteiger partial charge in [0.05, 0.1) is 11.1 Å². The summed E-state index contributed by atoms with van der Waals surface area (Å²) in [4.78, 5) is 34.8. The molecule has 1 N–H and O–H groups in total. The summed E-state index contributed by atoms with van der Waals surface area (Å²) in [5, 5.41) is 8.73. The Kier molecular flexibility index (Phi) is 3.47. The minimum atomic E-state index is -1.01. The lowest BCUT2D eigenvalue weighted by Gasteiger charge is -2.14. The summed E-state index contributed by atoms with van der Waals surface area (Å²) in [6.07, 6.45) is 0.181. The summed E-state index contributed by atoms with van der Waals surface area (Å²) in [7, 11) is 0. The van der Waals surface area contributed by atoms with Crippen molar-refractivity contribution in [3.8, 4) is 0 Å². The van der Waals surface area contributed by atoms with E-state index >= 15 is 0 Å². The number of aliphatic carboxylic acids is 1. The van der Waals surface area contributed by atoms with E-state index < -0.39 is 10.8 Å². The SMILES string of the molecule is O=C(O)C(Br)CCN1C(=O)c2ccccc2C1=O. The standard InChI is InChI=1S/C12H10BrNO4/c13-9(12(17)18)5-6-14-10(15)7-3-1-2-4-8(7)11(14)16/h1-4,9H,5-6H2,(H,17,18). The Balaban J connectivity index is 2.12. The molecule has 6 heteroatoms. The van der Waals surface area contributed by atoms with Crippen molar-refractivity contribution in [2.24, 2.45) is 0 Å². The van der Waals surface area contributed by atoms with Crippen LogP contribution in [0.15, 0.2) is 24.3 Å². The van der Waals surface area contributed by atoms with E-state index in [1.165, 1.54) is 0 Å². The molecule has 5 nitrogen and oxygen atoms in total. The first-order valence-electron chi connectivity index (χ1n) is 5.34. The van der Waals surface area contributed by atoms with Gasteiger partial charge >= 0.3 is 5.97 Å². The highest BCUT2D eigenvalue weighted by atomic mass is 79.9. The first-order chi connectivity index (χ1) is 8.52. The number of hydrogen-bond acceptors (Lipinski definition) is 3. The summed E-state index contributed by atoms with van der Waals surface area (Å²) < 4.78 is 0. The van der Waals surface area contributed by atoms with Gasteiger partial charge in [0.1, 0.15) is 4.83 Å². The molecular formula is C12H10BrNO4. The van der Waals surface area contributed by atoms with Gasteiger partial charge < -0.3 is 5.11 Å². The Labute approximate surface area is 112 Å². The maximum absolute atomic E-state index is 11.9. The second kappa shape index (κ2) is 4.89. The molecule has 0 saturated carbocycles. The Morgan fingerprint density at radius 1 is 1.22 bits per heavy atom. The average Bonchev–Trinajstić information content (AvgIpc) is 2.60. The number of benzene rings is 1. The fraction of sp³-hybridized carbons (Fsp3) is 0.250. The number of carboxylic acids is 1. The van der Waals surface area contributed by atoms with Crippen LogP contribution in [0.4, 0.5) is 0 Å². The van der Waals surface area contributed by atoms with E-state index in [4.69, 9.17) is 5.11 Å². The molecule has 1 atom stereocenters. The van der Waals surface area contributed by atoms with Crippen molar-refractivity contribution in [2.75, 3.05) is 6.54 Å². The lowest BCUT2D eigenvalue weighted by atomic mass is 10.1. The van der Waals surface area contributed by atoms with Crippen molar-refractivity contribution in [3.05, 3.63) is 35.4 Å². The normalized spacial score (nSPS) is 15.7. The molecule has 1 aliphatic rings. The Bertz CT molecular complexity index is 494. The molecule has 1 aromatic carbocycles. The van der Waals surface area contributed by atoms with Crippen LogP contribution in [0.3, 0.4) is 0 Å². The lowest BCUT2D eigenvalue weighted by molar-refractivity contribution is -0.136. The molecule has 1 heterocycles. The van der Waals surface area contributed by atoms with Crippen molar-refractivity contribution >= 4 is 33.7 Å². The second-order valence-electron chi connectivity index (χ2n) is 3.90. The molecule has 94 valence electrons. The minimum absolute atomic E-state index is 0.0918. The third kappa shape index (κ3) is 2.15.